The van der Waals surface area contributed by atoms with Crippen molar-refractivity contribution in [3.05, 3.63) is 59.2 Å². The number of ketones is 1. The van der Waals surface area contributed by atoms with Gasteiger partial charge in [-0.05, 0) is 30.9 Å². The van der Waals surface area contributed by atoms with E-state index in [0.717, 1.165) is 17.6 Å². The van der Waals surface area contributed by atoms with Crippen molar-refractivity contribution in [1.82, 2.24) is 0 Å². The Hall–Kier alpha value is -1.63. The molecule has 18 heavy (non-hydrogen) atoms. The highest BCUT2D eigenvalue weighted by atomic mass is 16.1. The first-order valence-corrected chi connectivity index (χ1v) is 6.57. The fourth-order valence-corrected chi connectivity index (χ4v) is 1.75. The zero-order valence-electron chi connectivity index (χ0n) is 11.7. The van der Waals surface area contributed by atoms with Gasteiger partial charge in [0, 0.05) is 11.1 Å². The van der Waals surface area contributed by atoms with Crippen LogP contribution in [0.5, 0.6) is 0 Å². The van der Waals surface area contributed by atoms with Crippen LogP contribution in [0.3, 0.4) is 0 Å². The Bertz CT molecular complexity index is 464. The normalized spacial score (nSPS) is 12.4. The number of rotatable bonds is 5. The maximum atomic E-state index is 12.3. The minimum atomic E-state index is 0.102. The van der Waals surface area contributed by atoms with Gasteiger partial charge in [-0.1, -0.05) is 57.2 Å². The van der Waals surface area contributed by atoms with E-state index < -0.39 is 0 Å². The molecule has 0 fully saturated rings. The molecule has 0 aliphatic carbocycles. The molecule has 0 unspecified atom stereocenters. The van der Waals surface area contributed by atoms with Crippen molar-refractivity contribution in [2.24, 2.45) is 0 Å². The molecule has 0 aromatic heterocycles. The van der Waals surface area contributed by atoms with Crippen LogP contribution >= 0.6 is 0 Å². The minimum absolute atomic E-state index is 0.102. The van der Waals surface area contributed by atoms with E-state index in [1.807, 2.05) is 43.4 Å². The fraction of sp³-hybridized carbons (Fsp3) is 0.353. The zero-order valence-corrected chi connectivity index (χ0v) is 11.7. The summed E-state index contributed by atoms with van der Waals surface area (Å²) in [5.41, 5.74) is 2.74. The Labute approximate surface area is 110 Å². The van der Waals surface area contributed by atoms with Gasteiger partial charge in [-0.15, -0.1) is 0 Å². The van der Waals surface area contributed by atoms with Crippen molar-refractivity contribution < 1.29 is 4.79 Å². The first kappa shape index (κ1) is 14.4. The van der Waals surface area contributed by atoms with Gasteiger partial charge < -0.3 is 0 Å². The van der Waals surface area contributed by atoms with Crippen LogP contribution in [-0.4, -0.2) is 5.78 Å². The smallest absolute Gasteiger partial charge is 0.192 e. The maximum Gasteiger partial charge on any atom is 0.192 e. The van der Waals surface area contributed by atoms with Crippen LogP contribution in [0, 0.1) is 0 Å². The lowest BCUT2D eigenvalue weighted by Crippen LogP contribution is -2.02. The molecule has 0 N–H and O–H groups in total. The van der Waals surface area contributed by atoms with Gasteiger partial charge in [0.05, 0.1) is 0 Å². The van der Waals surface area contributed by atoms with Crippen molar-refractivity contribution in [1.29, 1.82) is 0 Å². The quantitative estimate of drug-likeness (QED) is 0.407. The first-order chi connectivity index (χ1) is 8.60. The lowest BCUT2D eigenvalue weighted by Gasteiger charge is -2.08. The third-order valence-corrected chi connectivity index (χ3v) is 2.92. The maximum absolute atomic E-state index is 12.3. The third kappa shape index (κ3) is 3.69. The number of carbonyl (C=O) groups excluding carboxylic acids is 1. The highest BCUT2D eigenvalue weighted by Gasteiger charge is 2.10. The summed E-state index contributed by atoms with van der Waals surface area (Å²) in [6.45, 7) is 8.24. The van der Waals surface area contributed by atoms with E-state index in [2.05, 4.69) is 26.8 Å². The van der Waals surface area contributed by atoms with Crippen LogP contribution in [-0.2, 0) is 0 Å². The van der Waals surface area contributed by atoms with Crippen molar-refractivity contribution in [3.8, 4) is 0 Å². The number of benzene rings is 1. The fourth-order valence-electron chi connectivity index (χ4n) is 1.75. The van der Waals surface area contributed by atoms with E-state index >= 15 is 0 Å². The summed E-state index contributed by atoms with van der Waals surface area (Å²) >= 11 is 0. The molecule has 96 valence electrons. The number of hydrogen-bond donors (Lipinski definition) is 0. The van der Waals surface area contributed by atoms with Crippen molar-refractivity contribution in [2.45, 2.75) is 40.0 Å². The second-order valence-corrected chi connectivity index (χ2v) is 4.66. The molecule has 0 radical (unpaired) electrons. The average Bonchev–Trinajstić information content (AvgIpc) is 2.39. The second kappa shape index (κ2) is 6.95. The molecule has 0 aliphatic rings. The molecule has 0 spiro atoms. The highest BCUT2D eigenvalue weighted by molar-refractivity contribution is 6.10. The molecule has 1 aromatic carbocycles. The monoisotopic (exact) mass is 242 g/mol. The minimum Gasteiger partial charge on any atom is -0.289 e. The van der Waals surface area contributed by atoms with Gasteiger partial charge >= 0.3 is 0 Å². The molecule has 1 heteroatoms. The molecular formula is C17H22O. The van der Waals surface area contributed by atoms with Crippen LogP contribution in [0.1, 0.15) is 56.0 Å². The van der Waals surface area contributed by atoms with Gasteiger partial charge in [-0.25, -0.2) is 0 Å². The summed E-state index contributed by atoms with van der Waals surface area (Å²) in [5, 5.41) is 0. The van der Waals surface area contributed by atoms with Crippen LogP contribution in [0.25, 0.3) is 0 Å². The number of allylic oxidation sites excluding steroid dienone is 4. The zero-order chi connectivity index (χ0) is 13.5. The Morgan fingerprint density at radius 2 is 2.06 bits per heavy atom. The Kier molecular flexibility index (Phi) is 5.57. The average molecular weight is 242 g/mol. The summed E-state index contributed by atoms with van der Waals surface area (Å²) in [6.07, 6.45) is 6.73. The largest absolute Gasteiger partial charge is 0.289 e. The van der Waals surface area contributed by atoms with Gasteiger partial charge in [0.2, 0.25) is 0 Å². The van der Waals surface area contributed by atoms with E-state index in [0.29, 0.717) is 5.92 Å². The van der Waals surface area contributed by atoms with E-state index in [4.69, 9.17) is 0 Å². The second-order valence-electron chi connectivity index (χ2n) is 4.66. The Morgan fingerprint density at radius 3 is 2.61 bits per heavy atom. The molecule has 0 heterocycles. The number of carbonyl (C=O) groups is 1. The molecule has 1 rings (SSSR count). The molecule has 0 amide bonds. The SMILES string of the molecule is C/C=C(\C=C/CC)C(=O)c1cccc(C(C)C)c1. The van der Waals surface area contributed by atoms with Gasteiger partial charge in [-0.3, -0.25) is 4.79 Å². The van der Waals surface area contributed by atoms with Crippen molar-refractivity contribution >= 4 is 5.78 Å². The Balaban J connectivity index is 3.03. The molecular weight excluding hydrogens is 220 g/mol. The summed E-state index contributed by atoms with van der Waals surface area (Å²) in [4.78, 5) is 12.3. The van der Waals surface area contributed by atoms with Crippen LogP contribution in [0.2, 0.25) is 0 Å². The molecule has 0 saturated heterocycles. The first-order valence-electron chi connectivity index (χ1n) is 6.57. The summed E-state index contributed by atoms with van der Waals surface area (Å²) in [5.74, 6) is 0.544. The molecule has 0 atom stereocenters. The van der Waals surface area contributed by atoms with Crippen LogP contribution in [0.15, 0.2) is 48.1 Å². The molecule has 0 bridgehead atoms. The van der Waals surface area contributed by atoms with Gasteiger partial charge in [0.15, 0.2) is 5.78 Å². The lowest BCUT2D eigenvalue weighted by molar-refractivity contribution is 0.103. The standard InChI is InChI=1S/C17H22O/c1-5-7-9-14(6-2)17(18)16-11-8-10-15(12-16)13(3)4/h6-13H,5H2,1-4H3/b9-7-,14-6+. The predicted molar refractivity (Wildman–Crippen MR) is 78.0 cm³/mol. The van der Waals surface area contributed by atoms with Gasteiger partial charge in [0.1, 0.15) is 0 Å². The summed E-state index contributed by atoms with van der Waals surface area (Å²) in [7, 11) is 0. The molecule has 1 aromatic rings. The highest BCUT2D eigenvalue weighted by Crippen LogP contribution is 2.18. The van der Waals surface area contributed by atoms with Gasteiger partial charge in [0.25, 0.3) is 0 Å². The topological polar surface area (TPSA) is 17.1 Å². The third-order valence-electron chi connectivity index (χ3n) is 2.92. The van der Waals surface area contributed by atoms with E-state index in [1.54, 1.807) is 0 Å². The van der Waals surface area contributed by atoms with E-state index in [-0.39, 0.29) is 5.78 Å². The van der Waals surface area contributed by atoms with Crippen molar-refractivity contribution in [2.75, 3.05) is 0 Å². The Morgan fingerprint density at radius 1 is 1.33 bits per heavy atom. The summed E-state index contributed by atoms with van der Waals surface area (Å²) < 4.78 is 0. The van der Waals surface area contributed by atoms with E-state index in [9.17, 15) is 4.79 Å². The molecule has 0 saturated carbocycles. The molecule has 1 nitrogen and oxygen atoms in total. The predicted octanol–water partition coefficient (Wildman–Crippen LogP) is 4.91. The molecule has 0 aliphatic heterocycles. The van der Waals surface area contributed by atoms with Crippen LogP contribution < -0.4 is 0 Å². The van der Waals surface area contributed by atoms with E-state index in [1.165, 1.54) is 5.56 Å². The number of Topliss-reactive ketones (excluding diaryl/α,β-unsaturated/α-hetero) is 1. The van der Waals surface area contributed by atoms with Crippen molar-refractivity contribution in [3.63, 3.8) is 0 Å². The number of hydrogen-bond acceptors (Lipinski definition) is 1. The lowest BCUT2D eigenvalue weighted by atomic mass is 9.96. The summed E-state index contributed by atoms with van der Waals surface area (Å²) in [6, 6.07) is 7.91. The van der Waals surface area contributed by atoms with Gasteiger partial charge in [-0.2, -0.15) is 0 Å². The van der Waals surface area contributed by atoms with Crippen LogP contribution in [0.4, 0.5) is 0 Å².